The fraction of sp³-hybridized carbons (Fsp3) is 0.438. The van der Waals surface area contributed by atoms with E-state index in [1.54, 1.807) is 0 Å². The van der Waals surface area contributed by atoms with Crippen molar-refractivity contribution in [3.8, 4) is 0 Å². The Bertz CT molecular complexity index is 794. The number of anilines is 2. The van der Waals surface area contributed by atoms with Crippen molar-refractivity contribution < 1.29 is 22.7 Å². The van der Waals surface area contributed by atoms with Gasteiger partial charge < -0.3 is 15.0 Å². The summed E-state index contributed by atoms with van der Waals surface area (Å²) in [5.74, 6) is -0.183. The standard InChI is InChI=1S/C16H17F3N4O2S/c1-25-5-3-14(24)22-15-21-12-2-4-23(9-13(12)26-15)11-6-10(7-20-8-11)16(17,18)19/h6-8H,2-5,9H2,1H3,(H,21,22,24). The SMILES string of the molecule is COCCC(=O)Nc1nc2c(s1)CN(c1cncc(C(F)(F)F)c1)CC2. The molecule has 0 aliphatic carbocycles. The molecule has 3 rings (SSSR count). The van der Waals surface area contributed by atoms with E-state index in [1.165, 1.54) is 24.6 Å². The molecule has 1 aliphatic rings. The van der Waals surface area contributed by atoms with Crippen LogP contribution in [-0.4, -0.2) is 36.1 Å². The molecule has 2 aromatic heterocycles. The lowest BCUT2D eigenvalue weighted by Crippen LogP contribution is -2.30. The monoisotopic (exact) mass is 386 g/mol. The van der Waals surface area contributed by atoms with Crippen LogP contribution in [0.3, 0.4) is 0 Å². The molecule has 26 heavy (non-hydrogen) atoms. The van der Waals surface area contributed by atoms with Gasteiger partial charge in [0.25, 0.3) is 0 Å². The Morgan fingerprint density at radius 2 is 2.23 bits per heavy atom. The number of hydrogen-bond donors (Lipinski definition) is 1. The van der Waals surface area contributed by atoms with Gasteiger partial charge in [0.15, 0.2) is 5.13 Å². The number of nitrogens with zero attached hydrogens (tertiary/aromatic N) is 3. The van der Waals surface area contributed by atoms with Gasteiger partial charge in [0.2, 0.25) is 5.91 Å². The third kappa shape index (κ3) is 4.31. The highest BCUT2D eigenvalue weighted by Crippen LogP contribution is 2.34. The van der Waals surface area contributed by atoms with Gasteiger partial charge in [-0.1, -0.05) is 11.3 Å². The first-order valence-electron chi connectivity index (χ1n) is 7.91. The zero-order valence-corrected chi connectivity index (χ0v) is 14.8. The van der Waals surface area contributed by atoms with E-state index in [4.69, 9.17) is 4.74 Å². The highest BCUT2D eigenvalue weighted by molar-refractivity contribution is 7.15. The van der Waals surface area contributed by atoms with Crippen molar-refractivity contribution in [1.82, 2.24) is 9.97 Å². The molecule has 6 nitrogen and oxygen atoms in total. The molecule has 0 aromatic carbocycles. The predicted molar refractivity (Wildman–Crippen MR) is 91.2 cm³/mol. The Balaban J connectivity index is 1.71. The molecule has 1 N–H and O–H groups in total. The maximum Gasteiger partial charge on any atom is 0.417 e. The maximum atomic E-state index is 12.9. The van der Waals surface area contributed by atoms with E-state index in [-0.39, 0.29) is 12.3 Å². The maximum absolute atomic E-state index is 12.9. The first kappa shape index (κ1) is 18.6. The van der Waals surface area contributed by atoms with Gasteiger partial charge in [-0.05, 0) is 6.07 Å². The van der Waals surface area contributed by atoms with Crippen molar-refractivity contribution in [2.45, 2.75) is 25.6 Å². The summed E-state index contributed by atoms with van der Waals surface area (Å²) in [6.45, 7) is 1.30. The number of aromatic nitrogens is 2. The van der Waals surface area contributed by atoms with Crippen LogP contribution < -0.4 is 10.2 Å². The number of fused-ring (bicyclic) bond motifs is 1. The molecular formula is C16H17F3N4O2S. The molecule has 2 aromatic rings. The molecule has 0 spiro atoms. The molecule has 140 valence electrons. The second kappa shape index (κ2) is 7.58. The van der Waals surface area contributed by atoms with Crippen LogP contribution >= 0.6 is 11.3 Å². The van der Waals surface area contributed by atoms with Gasteiger partial charge in [-0.2, -0.15) is 13.2 Å². The number of halogens is 3. The van der Waals surface area contributed by atoms with Gasteiger partial charge in [-0.3, -0.25) is 9.78 Å². The summed E-state index contributed by atoms with van der Waals surface area (Å²) in [5.41, 5.74) is 0.522. The van der Waals surface area contributed by atoms with Crippen molar-refractivity contribution in [3.63, 3.8) is 0 Å². The lowest BCUT2D eigenvalue weighted by molar-refractivity contribution is -0.137. The summed E-state index contributed by atoms with van der Waals surface area (Å²) in [6.07, 6.45) is -1.35. The van der Waals surface area contributed by atoms with Crippen molar-refractivity contribution in [2.75, 3.05) is 30.5 Å². The third-order valence-electron chi connectivity index (χ3n) is 3.93. The average molecular weight is 386 g/mol. The molecule has 0 atom stereocenters. The lowest BCUT2D eigenvalue weighted by Gasteiger charge is -2.28. The smallest absolute Gasteiger partial charge is 0.384 e. The zero-order valence-electron chi connectivity index (χ0n) is 14.0. The Morgan fingerprint density at radius 1 is 1.42 bits per heavy atom. The van der Waals surface area contributed by atoms with E-state index < -0.39 is 11.7 Å². The number of methoxy groups -OCH3 is 1. The summed E-state index contributed by atoms with van der Waals surface area (Å²) < 4.78 is 43.5. The van der Waals surface area contributed by atoms with Crippen LogP contribution in [0, 0.1) is 0 Å². The molecular weight excluding hydrogens is 369 g/mol. The fourth-order valence-corrected chi connectivity index (χ4v) is 3.64. The topological polar surface area (TPSA) is 67.3 Å². The van der Waals surface area contributed by atoms with Gasteiger partial charge in [0, 0.05) is 31.1 Å². The molecule has 3 heterocycles. The van der Waals surface area contributed by atoms with Gasteiger partial charge in [0.1, 0.15) is 0 Å². The molecule has 0 saturated carbocycles. The van der Waals surface area contributed by atoms with E-state index in [1.807, 2.05) is 4.90 Å². The molecule has 1 amide bonds. The number of carbonyl (C=O) groups excluding carboxylic acids is 1. The largest absolute Gasteiger partial charge is 0.417 e. The van der Waals surface area contributed by atoms with Crippen LogP contribution in [-0.2, 0) is 28.7 Å². The van der Waals surface area contributed by atoms with Crippen LogP contribution in [0.5, 0.6) is 0 Å². The Kier molecular flexibility index (Phi) is 5.42. The summed E-state index contributed by atoms with van der Waals surface area (Å²) in [5, 5.41) is 3.23. The van der Waals surface area contributed by atoms with Crippen molar-refractivity contribution in [1.29, 1.82) is 0 Å². The molecule has 0 saturated heterocycles. The lowest BCUT2D eigenvalue weighted by atomic mass is 10.1. The van der Waals surface area contributed by atoms with E-state index in [2.05, 4.69) is 15.3 Å². The number of carbonyl (C=O) groups is 1. The number of hydrogen-bond acceptors (Lipinski definition) is 6. The Labute approximate surface area is 152 Å². The van der Waals surface area contributed by atoms with Gasteiger partial charge in [0.05, 0.1) is 42.7 Å². The molecule has 10 heteroatoms. The summed E-state index contributed by atoms with van der Waals surface area (Å²) in [4.78, 5) is 22.6. The molecule has 0 unspecified atom stereocenters. The van der Waals surface area contributed by atoms with E-state index in [0.29, 0.717) is 36.9 Å². The zero-order chi connectivity index (χ0) is 18.7. The summed E-state index contributed by atoms with van der Waals surface area (Å²) >= 11 is 1.34. The normalized spacial score (nSPS) is 14.2. The summed E-state index contributed by atoms with van der Waals surface area (Å²) in [7, 11) is 1.52. The van der Waals surface area contributed by atoms with Crippen molar-refractivity contribution >= 4 is 28.1 Å². The fourth-order valence-electron chi connectivity index (χ4n) is 2.60. The minimum atomic E-state index is -4.42. The van der Waals surface area contributed by atoms with E-state index in [0.717, 1.165) is 22.8 Å². The number of nitrogens with one attached hydrogen (secondary N) is 1. The van der Waals surface area contributed by atoms with Crippen molar-refractivity contribution in [2.24, 2.45) is 0 Å². The van der Waals surface area contributed by atoms with Crippen molar-refractivity contribution in [3.05, 3.63) is 34.6 Å². The molecule has 1 aliphatic heterocycles. The first-order valence-corrected chi connectivity index (χ1v) is 8.73. The van der Waals surface area contributed by atoms with Crippen LogP contribution in [0.25, 0.3) is 0 Å². The predicted octanol–water partition coefficient (Wildman–Crippen LogP) is 3.09. The Hall–Kier alpha value is -2.20. The minimum absolute atomic E-state index is 0.183. The van der Waals surface area contributed by atoms with Crippen LogP contribution in [0.1, 0.15) is 22.6 Å². The van der Waals surface area contributed by atoms with Crippen LogP contribution in [0.15, 0.2) is 18.5 Å². The van der Waals surface area contributed by atoms with E-state index in [9.17, 15) is 18.0 Å². The number of alkyl halides is 3. The second-order valence-corrected chi connectivity index (χ2v) is 6.86. The first-order chi connectivity index (χ1) is 12.4. The Morgan fingerprint density at radius 3 is 2.96 bits per heavy atom. The second-order valence-electron chi connectivity index (χ2n) is 5.78. The average Bonchev–Trinajstić information content (AvgIpc) is 3.00. The van der Waals surface area contributed by atoms with Gasteiger partial charge in [-0.15, -0.1) is 0 Å². The van der Waals surface area contributed by atoms with Crippen LogP contribution in [0.4, 0.5) is 24.0 Å². The number of pyridine rings is 1. The highest BCUT2D eigenvalue weighted by atomic mass is 32.1. The summed E-state index contributed by atoms with van der Waals surface area (Å²) in [6, 6.07) is 1.10. The number of ether oxygens (including phenoxy) is 1. The van der Waals surface area contributed by atoms with Gasteiger partial charge in [-0.25, -0.2) is 4.98 Å². The van der Waals surface area contributed by atoms with Gasteiger partial charge >= 0.3 is 6.18 Å². The highest BCUT2D eigenvalue weighted by Gasteiger charge is 2.32. The number of amides is 1. The molecule has 0 bridgehead atoms. The molecule has 0 fully saturated rings. The molecule has 0 radical (unpaired) electrons. The number of rotatable bonds is 5. The minimum Gasteiger partial charge on any atom is -0.384 e. The number of thiazole rings is 1. The quantitative estimate of drug-likeness (QED) is 0.855. The third-order valence-corrected chi connectivity index (χ3v) is 4.92. The van der Waals surface area contributed by atoms with E-state index >= 15 is 0 Å². The van der Waals surface area contributed by atoms with Crippen LogP contribution in [0.2, 0.25) is 0 Å².